The molecule has 1 aromatic carbocycles. The monoisotopic (exact) mass is 300 g/mol. The van der Waals surface area contributed by atoms with Gasteiger partial charge in [-0.1, -0.05) is 24.3 Å². The third kappa shape index (κ3) is 3.79. The average Bonchev–Trinajstić information content (AvgIpc) is 2.48. The number of benzene rings is 1. The van der Waals surface area contributed by atoms with Gasteiger partial charge in [-0.15, -0.1) is 0 Å². The number of hydrogen-bond donors (Lipinski definition) is 1. The third-order valence-corrected chi connectivity index (χ3v) is 3.31. The van der Waals surface area contributed by atoms with E-state index in [1.165, 1.54) is 17.4 Å². The van der Waals surface area contributed by atoms with E-state index in [0.717, 1.165) is 17.7 Å². The van der Waals surface area contributed by atoms with Gasteiger partial charge in [0.25, 0.3) is 11.5 Å². The Morgan fingerprint density at radius 1 is 1.14 bits per heavy atom. The molecule has 0 atom stereocenters. The molecular formula is C16H20N4O2. The number of aromatic amines is 1. The van der Waals surface area contributed by atoms with Crippen LogP contribution in [0, 0.1) is 0 Å². The van der Waals surface area contributed by atoms with Gasteiger partial charge < -0.3 is 14.8 Å². The molecule has 0 aliphatic heterocycles. The van der Waals surface area contributed by atoms with E-state index < -0.39 is 5.56 Å². The Balaban J connectivity index is 2.19. The molecular weight excluding hydrogens is 280 g/mol. The molecule has 0 unspecified atom stereocenters. The van der Waals surface area contributed by atoms with Crippen molar-refractivity contribution in [2.45, 2.75) is 13.1 Å². The smallest absolute Gasteiger partial charge is 0.263 e. The van der Waals surface area contributed by atoms with Gasteiger partial charge in [0, 0.05) is 26.3 Å². The van der Waals surface area contributed by atoms with Crippen molar-refractivity contribution < 1.29 is 4.79 Å². The van der Waals surface area contributed by atoms with Crippen molar-refractivity contribution in [3.63, 3.8) is 0 Å². The lowest BCUT2D eigenvalue weighted by Crippen LogP contribution is -2.31. The van der Waals surface area contributed by atoms with Gasteiger partial charge in [-0.25, -0.2) is 4.98 Å². The standard InChI is InChI=1S/C16H20N4O2/c1-19(2)9-12-6-4-5-7-13(12)10-20(3)16(22)14-8-17-11-18-15(14)21/h4-8,11H,9-10H2,1-3H3,(H,17,18,21). The van der Waals surface area contributed by atoms with Crippen LogP contribution in [0.2, 0.25) is 0 Å². The fraction of sp³-hybridized carbons (Fsp3) is 0.312. The molecule has 0 aliphatic carbocycles. The summed E-state index contributed by atoms with van der Waals surface area (Å²) in [4.78, 5) is 33.9. The van der Waals surface area contributed by atoms with Gasteiger partial charge in [-0.3, -0.25) is 9.59 Å². The van der Waals surface area contributed by atoms with Crippen molar-refractivity contribution in [2.24, 2.45) is 0 Å². The highest BCUT2D eigenvalue weighted by Gasteiger charge is 2.16. The normalized spacial score (nSPS) is 10.7. The van der Waals surface area contributed by atoms with E-state index in [1.54, 1.807) is 7.05 Å². The molecule has 2 rings (SSSR count). The molecule has 1 aromatic heterocycles. The maximum Gasteiger partial charge on any atom is 0.263 e. The maximum absolute atomic E-state index is 12.4. The Labute approximate surface area is 129 Å². The molecule has 22 heavy (non-hydrogen) atoms. The molecule has 116 valence electrons. The second-order valence-corrected chi connectivity index (χ2v) is 5.46. The molecule has 0 bridgehead atoms. The predicted molar refractivity (Wildman–Crippen MR) is 84.5 cm³/mol. The van der Waals surface area contributed by atoms with Crippen LogP contribution in [0.1, 0.15) is 21.5 Å². The fourth-order valence-electron chi connectivity index (χ4n) is 2.24. The number of amides is 1. The molecule has 1 amide bonds. The van der Waals surface area contributed by atoms with Gasteiger partial charge in [0.2, 0.25) is 0 Å². The van der Waals surface area contributed by atoms with Gasteiger partial charge in [0.15, 0.2) is 0 Å². The van der Waals surface area contributed by atoms with Crippen LogP contribution in [0.3, 0.4) is 0 Å². The number of H-pyrrole nitrogens is 1. The number of carbonyl (C=O) groups is 1. The Hall–Kier alpha value is -2.47. The van der Waals surface area contributed by atoms with Crippen LogP contribution in [-0.2, 0) is 13.1 Å². The van der Waals surface area contributed by atoms with Crippen LogP contribution in [0.25, 0.3) is 0 Å². The summed E-state index contributed by atoms with van der Waals surface area (Å²) >= 11 is 0. The van der Waals surface area contributed by atoms with Gasteiger partial charge in [0.1, 0.15) is 5.56 Å². The number of rotatable bonds is 5. The summed E-state index contributed by atoms with van der Waals surface area (Å²) in [5.74, 6) is -0.339. The van der Waals surface area contributed by atoms with Gasteiger partial charge in [-0.2, -0.15) is 0 Å². The molecule has 0 radical (unpaired) electrons. The summed E-state index contributed by atoms with van der Waals surface area (Å²) in [7, 11) is 5.68. The maximum atomic E-state index is 12.4. The second-order valence-electron chi connectivity index (χ2n) is 5.46. The van der Waals surface area contributed by atoms with Gasteiger partial charge in [-0.05, 0) is 25.2 Å². The zero-order valence-corrected chi connectivity index (χ0v) is 13.0. The summed E-state index contributed by atoms with van der Waals surface area (Å²) in [6.45, 7) is 1.24. The number of nitrogens with zero attached hydrogens (tertiary/aromatic N) is 3. The van der Waals surface area contributed by atoms with E-state index in [9.17, 15) is 9.59 Å². The molecule has 0 aliphatic rings. The highest BCUT2D eigenvalue weighted by Crippen LogP contribution is 2.13. The van der Waals surface area contributed by atoms with Gasteiger partial charge >= 0.3 is 0 Å². The quantitative estimate of drug-likeness (QED) is 0.898. The van der Waals surface area contributed by atoms with E-state index >= 15 is 0 Å². The molecule has 1 N–H and O–H groups in total. The molecule has 0 saturated carbocycles. The molecule has 0 saturated heterocycles. The lowest BCUT2D eigenvalue weighted by Gasteiger charge is -2.20. The molecule has 6 nitrogen and oxygen atoms in total. The minimum Gasteiger partial charge on any atom is -0.337 e. The SMILES string of the molecule is CN(C)Cc1ccccc1CN(C)C(=O)c1cnc[nH]c1=O. The van der Waals surface area contributed by atoms with Crippen molar-refractivity contribution >= 4 is 5.91 Å². The minimum absolute atomic E-state index is 0.0510. The molecule has 1 heterocycles. The van der Waals surface area contributed by atoms with Crippen LogP contribution in [-0.4, -0.2) is 46.8 Å². The van der Waals surface area contributed by atoms with Crippen LogP contribution < -0.4 is 5.56 Å². The Morgan fingerprint density at radius 2 is 1.77 bits per heavy atom. The largest absolute Gasteiger partial charge is 0.337 e. The zero-order chi connectivity index (χ0) is 16.1. The first kappa shape index (κ1) is 15.9. The van der Waals surface area contributed by atoms with Crippen molar-refractivity contribution in [1.29, 1.82) is 0 Å². The summed E-state index contributed by atoms with van der Waals surface area (Å²) in [6, 6.07) is 7.97. The molecule has 2 aromatic rings. The van der Waals surface area contributed by atoms with Crippen LogP contribution in [0.15, 0.2) is 41.6 Å². The lowest BCUT2D eigenvalue weighted by atomic mass is 10.1. The summed E-state index contributed by atoms with van der Waals surface area (Å²) in [5, 5.41) is 0. The van der Waals surface area contributed by atoms with Crippen molar-refractivity contribution in [3.05, 3.63) is 63.8 Å². The summed E-state index contributed by atoms with van der Waals surface area (Å²) < 4.78 is 0. The number of hydrogen-bond acceptors (Lipinski definition) is 4. The predicted octanol–water partition coefficient (Wildman–Crippen LogP) is 1.10. The number of carbonyl (C=O) groups excluding carboxylic acids is 1. The van der Waals surface area contributed by atoms with E-state index in [4.69, 9.17) is 0 Å². The van der Waals surface area contributed by atoms with Crippen molar-refractivity contribution in [1.82, 2.24) is 19.8 Å². The summed E-state index contributed by atoms with van der Waals surface area (Å²) in [5.41, 5.74) is 1.85. The lowest BCUT2D eigenvalue weighted by molar-refractivity contribution is 0.0782. The number of nitrogens with one attached hydrogen (secondary N) is 1. The van der Waals surface area contributed by atoms with E-state index in [1.807, 2.05) is 38.4 Å². The van der Waals surface area contributed by atoms with Crippen LogP contribution in [0.4, 0.5) is 0 Å². The highest BCUT2D eigenvalue weighted by molar-refractivity contribution is 5.93. The summed E-state index contributed by atoms with van der Waals surface area (Å²) in [6.07, 6.45) is 2.56. The van der Waals surface area contributed by atoms with Crippen LogP contribution >= 0.6 is 0 Å². The van der Waals surface area contributed by atoms with Crippen LogP contribution in [0.5, 0.6) is 0 Å². The minimum atomic E-state index is -0.423. The van der Waals surface area contributed by atoms with E-state index in [0.29, 0.717) is 6.54 Å². The zero-order valence-electron chi connectivity index (χ0n) is 13.0. The Morgan fingerprint density at radius 3 is 2.36 bits per heavy atom. The number of aromatic nitrogens is 2. The second kappa shape index (κ2) is 7.00. The molecule has 0 fully saturated rings. The third-order valence-electron chi connectivity index (χ3n) is 3.31. The molecule has 0 spiro atoms. The van der Waals surface area contributed by atoms with Gasteiger partial charge in [0.05, 0.1) is 6.33 Å². The fourth-order valence-corrected chi connectivity index (χ4v) is 2.24. The molecule has 6 heteroatoms. The average molecular weight is 300 g/mol. The Kier molecular flexibility index (Phi) is 5.06. The highest BCUT2D eigenvalue weighted by atomic mass is 16.2. The van der Waals surface area contributed by atoms with Crippen molar-refractivity contribution in [3.8, 4) is 0 Å². The first-order valence-corrected chi connectivity index (χ1v) is 6.98. The van der Waals surface area contributed by atoms with Crippen molar-refractivity contribution in [2.75, 3.05) is 21.1 Å². The van der Waals surface area contributed by atoms with E-state index in [2.05, 4.69) is 14.9 Å². The topological polar surface area (TPSA) is 69.3 Å². The Bertz CT molecular complexity index is 709. The van der Waals surface area contributed by atoms with E-state index in [-0.39, 0.29) is 11.5 Å². The first-order chi connectivity index (χ1) is 10.5. The first-order valence-electron chi connectivity index (χ1n) is 6.98.